The third kappa shape index (κ3) is 2.78. The van der Waals surface area contributed by atoms with Gasteiger partial charge in [-0.1, -0.05) is 19.4 Å². The number of alkyl halides is 2. The maximum Gasteiger partial charge on any atom is 0.192 e. The lowest BCUT2D eigenvalue weighted by atomic mass is 9.45. The Bertz CT molecular complexity index is 875. The van der Waals surface area contributed by atoms with Crippen LogP contribution in [0.1, 0.15) is 52.4 Å². The van der Waals surface area contributed by atoms with E-state index >= 15 is 4.39 Å². The van der Waals surface area contributed by atoms with Crippen molar-refractivity contribution in [3.05, 3.63) is 11.6 Å². The zero-order valence-electron chi connectivity index (χ0n) is 18.6. The monoisotopic (exact) mass is 470 g/mol. The Morgan fingerprint density at radius 2 is 2.06 bits per heavy atom. The van der Waals surface area contributed by atoms with Gasteiger partial charge in [0.1, 0.15) is 18.9 Å². The molecule has 1 unspecified atom stereocenters. The zero-order valence-corrected chi connectivity index (χ0v) is 19.4. The van der Waals surface area contributed by atoms with Gasteiger partial charge >= 0.3 is 0 Å². The van der Waals surface area contributed by atoms with Crippen molar-refractivity contribution < 1.29 is 33.7 Å². The number of hydrogen-bond donors (Lipinski definition) is 2. The molecule has 9 atom stereocenters. The van der Waals surface area contributed by atoms with Crippen LogP contribution in [0.5, 0.6) is 0 Å². The van der Waals surface area contributed by atoms with Crippen molar-refractivity contribution in [1.29, 1.82) is 0 Å². The standard InChI is InChI=1S/C24H32ClFO6/c1-21-6-5-14(28)7-13(21)3-4-16-17-8-20(32-12-15-11-31-15)24(30,19(29)10-27)22(17,2)9-18(26)23(16,21)25/h7,15-18,20,27,30H,3-6,8-12H2,1-2H3/t15?,16-,17-,18-,20+,21-,22-,23-,24+/m0/s1. The summed E-state index contributed by atoms with van der Waals surface area (Å²) in [6.45, 7) is 3.71. The second kappa shape index (κ2) is 7.32. The summed E-state index contributed by atoms with van der Waals surface area (Å²) in [6, 6.07) is 0. The molecule has 178 valence electrons. The van der Waals surface area contributed by atoms with Gasteiger partial charge in [-0.25, -0.2) is 4.39 Å². The van der Waals surface area contributed by atoms with Crippen LogP contribution < -0.4 is 0 Å². The summed E-state index contributed by atoms with van der Waals surface area (Å²) in [5.41, 5.74) is -2.85. The van der Waals surface area contributed by atoms with E-state index in [2.05, 4.69) is 0 Å². The topological polar surface area (TPSA) is 96.4 Å². The summed E-state index contributed by atoms with van der Waals surface area (Å²) in [7, 11) is 0. The number of aliphatic hydroxyl groups is 2. The van der Waals surface area contributed by atoms with Crippen molar-refractivity contribution in [2.45, 2.75) is 81.2 Å². The van der Waals surface area contributed by atoms with Crippen molar-refractivity contribution in [2.75, 3.05) is 19.8 Å². The summed E-state index contributed by atoms with van der Waals surface area (Å²) in [5.74, 6) is -1.22. The maximum absolute atomic E-state index is 16.3. The Labute approximate surface area is 192 Å². The Kier molecular flexibility index (Phi) is 5.24. The molecule has 5 rings (SSSR count). The molecular formula is C24H32ClFO6. The summed E-state index contributed by atoms with van der Waals surface area (Å²) in [5, 5.41) is 21.5. The Morgan fingerprint density at radius 1 is 1.34 bits per heavy atom. The second-order valence-electron chi connectivity index (χ2n) is 10.9. The van der Waals surface area contributed by atoms with E-state index in [4.69, 9.17) is 21.1 Å². The number of ether oxygens (including phenoxy) is 2. The predicted molar refractivity (Wildman–Crippen MR) is 114 cm³/mol. The van der Waals surface area contributed by atoms with E-state index in [1.165, 1.54) is 0 Å². The molecule has 1 aliphatic heterocycles. The van der Waals surface area contributed by atoms with Gasteiger partial charge in [-0.3, -0.25) is 9.59 Å². The lowest BCUT2D eigenvalue weighted by Crippen LogP contribution is -2.69. The third-order valence-electron chi connectivity index (χ3n) is 9.65. The van der Waals surface area contributed by atoms with E-state index < -0.39 is 46.0 Å². The van der Waals surface area contributed by atoms with Gasteiger partial charge in [-0.15, -0.1) is 11.6 Å². The van der Waals surface area contributed by atoms with E-state index in [0.29, 0.717) is 38.7 Å². The van der Waals surface area contributed by atoms with Crippen molar-refractivity contribution >= 4 is 23.2 Å². The highest BCUT2D eigenvalue weighted by Gasteiger charge is 2.76. The highest BCUT2D eigenvalue weighted by atomic mass is 35.5. The first kappa shape index (κ1) is 22.9. The van der Waals surface area contributed by atoms with Crippen molar-refractivity contribution in [3.8, 4) is 0 Å². The van der Waals surface area contributed by atoms with E-state index in [-0.39, 0.29) is 36.8 Å². The van der Waals surface area contributed by atoms with Crippen LogP contribution in [0.4, 0.5) is 4.39 Å². The number of carbonyl (C=O) groups is 2. The summed E-state index contributed by atoms with van der Waals surface area (Å²) in [4.78, 5) is 23.8. The molecule has 1 heterocycles. The molecule has 2 N–H and O–H groups in total. The maximum atomic E-state index is 16.3. The average molecular weight is 471 g/mol. The lowest BCUT2D eigenvalue weighted by molar-refractivity contribution is -0.189. The first-order valence-electron chi connectivity index (χ1n) is 11.7. The van der Waals surface area contributed by atoms with Gasteiger partial charge < -0.3 is 19.7 Å². The fourth-order valence-corrected chi connectivity index (χ4v) is 8.24. The molecule has 4 aliphatic carbocycles. The molecule has 1 saturated heterocycles. The summed E-state index contributed by atoms with van der Waals surface area (Å²) in [6.07, 6.45) is 1.60. The number of aliphatic hydroxyl groups excluding tert-OH is 1. The van der Waals surface area contributed by atoms with E-state index in [1.807, 2.05) is 6.92 Å². The first-order chi connectivity index (χ1) is 15.0. The van der Waals surface area contributed by atoms with Gasteiger partial charge in [0.15, 0.2) is 17.2 Å². The minimum atomic E-state index is -2.00. The van der Waals surface area contributed by atoms with Crippen molar-refractivity contribution in [2.24, 2.45) is 22.7 Å². The molecule has 4 fully saturated rings. The molecule has 8 heteroatoms. The molecule has 5 aliphatic rings. The Morgan fingerprint density at radius 3 is 2.72 bits per heavy atom. The molecule has 0 aromatic heterocycles. The Balaban J connectivity index is 1.56. The number of Topliss-reactive ketones (excluding diaryl/α,β-unsaturated/α-hetero) is 1. The highest BCUT2D eigenvalue weighted by molar-refractivity contribution is 6.26. The summed E-state index contributed by atoms with van der Waals surface area (Å²) < 4.78 is 27.5. The number of hydrogen-bond acceptors (Lipinski definition) is 6. The number of halogens is 2. The third-order valence-corrected chi connectivity index (χ3v) is 10.6. The normalized spacial score (nSPS) is 52.0. The lowest BCUT2D eigenvalue weighted by Gasteiger charge is -2.64. The molecule has 0 amide bonds. The molecule has 6 nitrogen and oxygen atoms in total. The van der Waals surface area contributed by atoms with Gasteiger partial charge in [-0.2, -0.15) is 0 Å². The first-order valence-corrected chi connectivity index (χ1v) is 12.1. The highest BCUT2D eigenvalue weighted by Crippen LogP contribution is 2.71. The number of allylic oxidation sites excluding steroid dienone is 1. The van der Waals surface area contributed by atoms with E-state index in [1.54, 1.807) is 13.0 Å². The number of ketones is 2. The van der Waals surface area contributed by atoms with Crippen LogP contribution >= 0.6 is 11.6 Å². The number of epoxide rings is 1. The quantitative estimate of drug-likeness (QED) is 0.473. The van der Waals surface area contributed by atoms with Gasteiger partial charge in [0, 0.05) is 17.3 Å². The number of rotatable bonds is 5. The van der Waals surface area contributed by atoms with Gasteiger partial charge in [0.2, 0.25) is 0 Å². The smallest absolute Gasteiger partial charge is 0.192 e. The SMILES string of the molecule is C[C@]12CCC(=O)C=C1CC[C@H]1[C@@H]3C[C@@H](OCC4CO4)[C@](O)(C(=O)CO)[C@@]3(C)C[C@H](F)[C@@]12Cl. The van der Waals surface area contributed by atoms with Crippen molar-refractivity contribution in [3.63, 3.8) is 0 Å². The van der Waals surface area contributed by atoms with Crippen LogP contribution in [-0.2, 0) is 19.1 Å². The molecule has 32 heavy (non-hydrogen) atoms. The van der Waals surface area contributed by atoms with Crippen LogP contribution in [0.3, 0.4) is 0 Å². The van der Waals surface area contributed by atoms with E-state index in [0.717, 1.165) is 5.57 Å². The number of fused-ring (bicyclic) bond motifs is 5. The second-order valence-corrected chi connectivity index (χ2v) is 11.6. The van der Waals surface area contributed by atoms with Gasteiger partial charge in [0.05, 0.1) is 24.2 Å². The van der Waals surface area contributed by atoms with Crippen LogP contribution in [0, 0.1) is 22.7 Å². The van der Waals surface area contributed by atoms with Crippen molar-refractivity contribution in [1.82, 2.24) is 0 Å². The fraction of sp³-hybridized carbons (Fsp3) is 0.833. The zero-order chi connectivity index (χ0) is 23.1. The van der Waals surface area contributed by atoms with Gasteiger partial charge in [0.25, 0.3) is 0 Å². The van der Waals surface area contributed by atoms with Gasteiger partial charge in [-0.05, 0) is 50.0 Å². The van der Waals surface area contributed by atoms with Crippen LogP contribution in [0.25, 0.3) is 0 Å². The minimum absolute atomic E-state index is 0.0546. The summed E-state index contributed by atoms with van der Waals surface area (Å²) >= 11 is 7.31. The molecular weight excluding hydrogens is 439 g/mol. The number of carbonyl (C=O) groups excluding carboxylic acids is 2. The molecule has 0 bridgehead atoms. The van der Waals surface area contributed by atoms with Crippen LogP contribution in [-0.4, -0.2) is 70.5 Å². The fourth-order valence-electron chi connectivity index (χ4n) is 7.69. The minimum Gasteiger partial charge on any atom is -0.388 e. The van der Waals surface area contributed by atoms with E-state index in [9.17, 15) is 19.8 Å². The van der Waals surface area contributed by atoms with Crippen LogP contribution in [0.2, 0.25) is 0 Å². The molecule has 3 saturated carbocycles. The molecule has 0 spiro atoms. The van der Waals surface area contributed by atoms with Crippen LogP contribution in [0.15, 0.2) is 11.6 Å². The molecule has 0 radical (unpaired) electrons. The molecule has 0 aromatic carbocycles. The predicted octanol–water partition coefficient (Wildman–Crippen LogP) is 2.51. The average Bonchev–Trinajstić information content (AvgIpc) is 3.55. The largest absolute Gasteiger partial charge is 0.388 e. The molecule has 0 aromatic rings. The Hall–Kier alpha value is -0.860.